The average Bonchev–Trinajstić information content (AvgIpc) is 2.51. The Morgan fingerprint density at radius 3 is 2.53 bits per heavy atom. The molecule has 0 aliphatic carbocycles. The zero-order valence-electron chi connectivity index (χ0n) is 8.98. The zero-order chi connectivity index (χ0) is 12.4. The van der Waals surface area contributed by atoms with Gasteiger partial charge in [-0.3, -0.25) is 4.79 Å². The van der Waals surface area contributed by atoms with Gasteiger partial charge in [0.1, 0.15) is 6.04 Å². The number of benzene rings is 1. The number of rotatable bonds is 2. The SMILES string of the molecule is N[C@H](C(=O)O)c1cc2c(cc1Br)OCCCO2. The number of aliphatic carboxylic acids is 1. The standard InChI is InChI=1S/C11H12BrNO4/c12-7-5-9-8(16-2-1-3-17-9)4-6(7)10(13)11(14)15/h4-5,10H,1-3,13H2,(H,14,15)/t10-/m0/s1. The summed E-state index contributed by atoms with van der Waals surface area (Å²) in [7, 11) is 0. The summed E-state index contributed by atoms with van der Waals surface area (Å²) in [6.07, 6.45) is 0.798. The van der Waals surface area contributed by atoms with Gasteiger partial charge in [0.25, 0.3) is 0 Å². The smallest absolute Gasteiger partial charge is 0.325 e. The topological polar surface area (TPSA) is 81.8 Å². The summed E-state index contributed by atoms with van der Waals surface area (Å²) >= 11 is 3.29. The van der Waals surface area contributed by atoms with Crippen LogP contribution in [-0.4, -0.2) is 24.3 Å². The second-order valence-electron chi connectivity index (χ2n) is 3.69. The minimum absolute atomic E-state index is 0.474. The van der Waals surface area contributed by atoms with Crippen molar-refractivity contribution in [3.05, 3.63) is 22.2 Å². The molecule has 5 nitrogen and oxygen atoms in total. The Balaban J connectivity index is 2.42. The molecule has 1 aliphatic heterocycles. The third-order valence-electron chi connectivity index (χ3n) is 2.47. The Labute approximate surface area is 107 Å². The Morgan fingerprint density at radius 2 is 1.94 bits per heavy atom. The van der Waals surface area contributed by atoms with E-state index < -0.39 is 12.0 Å². The van der Waals surface area contributed by atoms with Gasteiger partial charge < -0.3 is 20.3 Å². The highest BCUT2D eigenvalue weighted by Gasteiger charge is 2.21. The van der Waals surface area contributed by atoms with Crippen LogP contribution in [0.15, 0.2) is 16.6 Å². The lowest BCUT2D eigenvalue weighted by Gasteiger charge is -2.14. The van der Waals surface area contributed by atoms with E-state index in [-0.39, 0.29) is 0 Å². The zero-order valence-corrected chi connectivity index (χ0v) is 10.6. The van der Waals surface area contributed by atoms with E-state index in [0.717, 1.165) is 6.42 Å². The largest absolute Gasteiger partial charge is 0.490 e. The average molecular weight is 302 g/mol. The van der Waals surface area contributed by atoms with Gasteiger partial charge in [-0.2, -0.15) is 0 Å². The second kappa shape index (κ2) is 4.93. The van der Waals surface area contributed by atoms with Crippen molar-refractivity contribution in [2.45, 2.75) is 12.5 Å². The van der Waals surface area contributed by atoms with Crippen molar-refractivity contribution >= 4 is 21.9 Å². The van der Waals surface area contributed by atoms with E-state index in [1.54, 1.807) is 12.1 Å². The molecule has 0 aromatic heterocycles. The number of hydrogen-bond donors (Lipinski definition) is 2. The van der Waals surface area contributed by atoms with Crippen LogP contribution in [0.25, 0.3) is 0 Å². The highest BCUT2D eigenvalue weighted by atomic mass is 79.9. The number of carboxylic acid groups (broad SMARTS) is 1. The highest BCUT2D eigenvalue weighted by molar-refractivity contribution is 9.10. The van der Waals surface area contributed by atoms with Crippen LogP contribution in [0.1, 0.15) is 18.0 Å². The Kier molecular flexibility index (Phi) is 3.54. The summed E-state index contributed by atoms with van der Waals surface area (Å²) in [5.41, 5.74) is 6.06. The summed E-state index contributed by atoms with van der Waals surface area (Å²) in [5.74, 6) is 0.0632. The van der Waals surface area contributed by atoms with Gasteiger partial charge in [-0.05, 0) is 17.7 Å². The van der Waals surface area contributed by atoms with Gasteiger partial charge in [-0.25, -0.2) is 0 Å². The molecule has 17 heavy (non-hydrogen) atoms. The molecular weight excluding hydrogens is 290 g/mol. The minimum atomic E-state index is -1.08. The molecule has 3 N–H and O–H groups in total. The number of halogens is 1. The predicted octanol–water partition coefficient (Wildman–Crippen LogP) is 1.69. The molecule has 0 saturated heterocycles. The first-order valence-electron chi connectivity index (χ1n) is 5.17. The molecule has 0 radical (unpaired) electrons. The van der Waals surface area contributed by atoms with E-state index in [0.29, 0.717) is 34.7 Å². The summed E-state index contributed by atoms with van der Waals surface area (Å²) in [4.78, 5) is 10.9. The van der Waals surface area contributed by atoms with Crippen LogP contribution in [0, 0.1) is 0 Å². The molecular formula is C11H12BrNO4. The van der Waals surface area contributed by atoms with Crippen LogP contribution in [0.2, 0.25) is 0 Å². The van der Waals surface area contributed by atoms with Crippen molar-refractivity contribution in [1.82, 2.24) is 0 Å². The fraction of sp³-hybridized carbons (Fsp3) is 0.364. The van der Waals surface area contributed by atoms with Gasteiger partial charge in [-0.1, -0.05) is 15.9 Å². The van der Waals surface area contributed by atoms with Crippen LogP contribution in [0.4, 0.5) is 0 Å². The molecule has 2 rings (SSSR count). The van der Waals surface area contributed by atoms with Gasteiger partial charge >= 0.3 is 5.97 Å². The van der Waals surface area contributed by atoms with Gasteiger partial charge in [0.05, 0.1) is 13.2 Å². The van der Waals surface area contributed by atoms with Crippen molar-refractivity contribution in [3.63, 3.8) is 0 Å². The fourth-order valence-electron chi connectivity index (χ4n) is 1.57. The van der Waals surface area contributed by atoms with Crippen molar-refractivity contribution < 1.29 is 19.4 Å². The molecule has 0 bridgehead atoms. The monoisotopic (exact) mass is 301 g/mol. The lowest BCUT2D eigenvalue weighted by Crippen LogP contribution is -2.21. The molecule has 0 spiro atoms. The second-order valence-corrected chi connectivity index (χ2v) is 4.54. The molecule has 1 aromatic carbocycles. The lowest BCUT2D eigenvalue weighted by molar-refractivity contribution is -0.138. The maximum Gasteiger partial charge on any atom is 0.325 e. The highest BCUT2D eigenvalue weighted by Crippen LogP contribution is 2.37. The van der Waals surface area contributed by atoms with E-state index in [4.69, 9.17) is 20.3 Å². The lowest BCUT2D eigenvalue weighted by atomic mass is 10.1. The van der Waals surface area contributed by atoms with E-state index in [9.17, 15) is 4.79 Å². The van der Waals surface area contributed by atoms with Gasteiger partial charge in [-0.15, -0.1) is 0 Å². The predicted molar refractivity (Wildman–Crippen MR) is 64.3 cm³/mol. The fourth-order valence-corrected chi connectivity index (χ4v) is 2.14. The molecule has 6 heteroatoms. The first-order valence-corrected chi connectivity index (χ1v) is 5.96. The van der Waals surface area contributed by atoms with E-state index in [1.165, 1.54) is 0 Å². The number of carboxylic acids is 1. The maximum absolute atomic E-state index is 10.9. The van der Waals surface area contributed by atoms with E-state index >= 15 is 0 Å². The number of fused-ring (bicyclic) bond motifs is 1. The van der Waals surface area contributed by atoms with Crippen LogP contribution < -0.4 is 15.2 Å². The van der Waals surface area contributed by atoms with Gasteiger partial charge in [0.15, 0.2) is 11.5 Å². The van der Waals surface area contributed by atoms with Crippen LogP contribution in [0.3, 0.4) is 0 Å². The molecule has 1 aromatic rings. The Hall–Kier alpha value is -1.27. The molecule has 0 amide bonds. The molecule has 0 fully saturated rings. The number of nitrogens with two attached hydrogens (primary N) is 1. The van der Waals surface area contributed by atoms with Crippen molar-refractivity contribution in [2.75, 3.05) is 13.2 Å². The van der Waals surface area contributed by atoms with E-state index in [2.05, 4.69) is 15.9 Å². The number of hydrogen-bond acceptors (Lipinski definition) is 4. The normalized spacial score (nSPS) is 16.1. The Morgan fingerprint density at radius 1 is 1.35 bits per heavy atom. The van der Waals surface area contributed by atoms with Crippen LogP contribution in [-0.2, 0) is 4.79 Å². The van der Waals surface area contributed by atoms with E-state index in [1.807, 2.05) is 0 Å². The quantitative estimate of drug-likeness (QED) is 0.869. The first-order chi connectivity index (χ1) is 8.09. The van der Waals surface area contributed by atoms with Crippen molar-refractivity contribution in [2.24, 2.45) is 5.73 Å². The van der Waals surface area contributed by atoms with Gasteiger partial charge in [0, 0.05) is 10.9 Å². The molecule has 92 valence electrons. The third kappa shape index (κ3) is 2.53. The molecule has 1 aliphatic rings. The van der Waals surface area contributed by atoms with Crippen LogP contribution in [0.5, 0.6) is 11.5 Å². The Bertz CT molecular complexity index is 449. The summed E-state index contributed by atoms with van der Waals surface area (Å²) < 4.78 is 11.6. The molecule has 1 atom stereocenters. The minimum Gasteiger partial charge on any atom is -0.490 e. The summed E-state index contributed by atoms with van der Waals surface area (Å²) in [5, 5.41) is 8.90. The number of carbonyl (C=O) groups is 1. The first kappa shape index (κ1) is 12.2. The summed E-state index contributed by atoms with van der Waals surface area (Å²) in [6.45, 7) is 1.14. The summed E-state index contributed by atoms with van der Waals surface area (Å²) in [6, 6.07) is 2.23. The number of ether oxygens (including phenoxy) is 2. The maximum atomic E-state index is 10.9. The molecule has 0 saturated carbocycles. The molecule has 1 heterocycles. The van der Waals surface area contributed by atoms with Gasteiger partial charge in [0.2, 0.25) is 0 Å². The third-order valence-corrected chi connectivity index (χ3v) is 3.15. The van der Waals surface area contributed by atoms with Crippen LogP contribution >= 0.6 is 15.9 Å². The van der Waals surface area contributed by atoms with Crippen molar-refractivity contribution in [3.8, 4) is 11.5 Å². The molecule has 0 unspecified atom stereocenters. The van der Waals surface area contributed by atoms with Crippen molar-refractivity contribution in [1.29, 1.82) is 0 Å².